The molecule has 0 aliphatic heterocycles. The van der Waals surface area contributed by atoms with Gasteiger partial charge in [-0.05, 0) is 63.4 Å². The second-order valence-electron chi connectivity index (χ2n) is 7.01. The number of hydrogen-bond acceptors (Lipinski definition) is 3. The Balaban J connectivity index is 2.36. The highest BCUT2D eigenvalue weighted by molar-refractivity contribution is 6.10. The molecule has 0 aliphatic rings. The van der Waals surface area contributed by atoms with Gasteiger partial charge in [0.25, 0.3) is 0 Å². The van der Waals surface area contributed by atoms with E-state index in [1.807, 2.05) is 45.9 Å². The lowest BCUT2D eigenvalue weighted by molar-refractivity contribution is 0.103. The van der Waals surface area contributed by atoms with Crippen LogP contribution in [0, 0.1) is 6.07 Å². The van der Waals surface area contributed by atoms with Crippen LogP contribution in [0.5, 0.6) is 11.5 Å². The van der Waals surface area contributed by atoms with Crippen LogP contribution in [0.25, 0.3) is 0 Å². The molecule has 0 aromatic heterocycles. The zero-order valence-electron chi connectivity index (χ0n) is 15.9. The van der Waals surface area contributed by atoms with Crippen molar-refractivity contribution in [3.05, 3.63) is 59.2 Å². The molecule has 0 aliphatic carbocycles. The molecule has 0 atom stereocenters. The molecule has 2 aromatic carbocycles. The van der Waals surface area contributed by atoms with Crippen LogP contribution in [-0.4, -0.2) is 18.0 Å². The van der Waals surface area contributed by atoms with Crippen molar-refractivity contribution < 1.29 is 14.3 Å². The molecular weight excluding hydrogens is 312 g/mol. The van der Waals surface area contributed by atoms with Gasteiger partial charge < -0.3 is 9.47 Å². The second-order valence-corrected chi connectivity index (χ2v) is 7.01. The van der Waals surface area contributed by atoms with Gasteiger partial charge >= 0.3 is 0 Å². The average Bonchev–Trinajstić information content (AvgIpc) is 2.53. The monoisotopic (exact) mass is 339 g/mol. The molecule has 0 saturated heterocycles. The number of ketones is 1. The van der Waals surface area contributed by atoms with Gasteiger partial charge in [0.1, 0.15) is 11.5 Å². The molecule has 25 heavy (non-hydrogen) atoms. The first kappa shape index (κ1) is 19.0. The van der Waals surface area contributed by atoms with Crippen molar-refractivity contribution in [2.45, 2.75) is 59.7 Å². The number of carbonyl (C=O) groups excluding carboxylic acids is 1. The van der Waals surface area contributed by atoms with Crippen molar-refractivity contribution in [2.24, 2.45) is 0 Å². The van der Waals surface area contributed by atoms with Crippen LogP contribution in [0.3, 0.4) is 0 Å². The Labute approximate surface area is 151 Å². The van der Waals surface area contributed by atoms with E-state index in [1.165, 1.54) is 0 Å². The van der Waals surface area contributed by atoms with E-state index in [9.17, 15) is 4.79 Å². The van der Waals surface area contributed by atoms with E-state index in [0.717, 1.165) is 5.56 Å². The molecular formula is C22H27O3. The fourth-order valence-electron chi connectivity index (χ4n) is 2.48. The Hall–Kier alpha value is -2.29. The summed E-state index contributed by atoms with van der Waals surface area (Å²) in [6.07, 6.45) is 0.0300. The quantitative estimate of drug-likeness (QED) is 0.632. The fourth-order valence-corrected chi connectivity index (χ4v) is 2.48. The van der Waals surface area contributed by atoms with Gasteiger partial charge in [0.15, 0.2) is 5.78 Å². The molecule has 0 spiro atoms. The zero-order valence-corrected chi connectivity index (χ0v) is 15.9. The summed E-state index contributed by atoms with van der Waals surface area (Å²) < 4.78 is 11.6. The number of rotatable bonds is 7. The molecule has 0 saturated carbocycles. The summed E-state index contributed by atoms with van der Waals surface area (Å²) in [5, 5.41) is 0. The predicted molar refractivity (Wildman–Crippen MR) is 101 cm³/mol. The van der Waals surface area contributed by atoms with Gasteiger partial charge in [-0.2, -0.15) is 0 Å². The molecule has 2 rings (SSSR count). The molecule has 3 nitrogen and oxygen atoms in total. The summed E-state index contributed by atoms with van der Waals surface area (Å²) in [6, 6.07) is 14.1. The molecule has 0 unspecified atom stereocenters. The molecule has 0 amide bonds. The summed E-state index contributed by atoms with van der Waals surface area (Å²) in [5.41, 5.74) is 2.24. The summed E-state index contributed by atoms with van der Waals surface area (Å²) in [5.74, 6) is 1.56. The SMILES string of the molecule is CC(C)Oc1ccc(C(=O)c2c[c]c(C(C)C)cc2)c(OC(C)C)c1. The maximum absolute atomic E-state index is 12.9. The molecule has 0 fully saturated rings. The Bertz CT molecular complexity index is 713. The van der Waals surface area contributed by atoms with Crippen LogP contribution >= 0.6 is 0 Å². The third kappa shape index (κ3) is 5.09. The largest absolute Gasteiger partial charge is 0.491 e. The summed E-state index contributed by atoms with van der Waals surface area (Å²) in [6.45, 7) is 12.0. The summed E-state index contributed by atoms with van der Waals surface area (Å²) >= 11 is 0. The normalized spacial score (nSPS) is 11.2. The molecule has 0 heterocycles. The van der Waals surface area contributed by atoms with Crippen molar-refractivity contribution in [1.82, 2.24) is 0 Å². The third-order valence-electron chi connectivity index (χ3n) is 3.65. The molecule has 3 heteroatoms. The number of benzene rings is 2. The number of carbonyl (C=O) groups is 1. The Morgan fingerprint density at radius 1 is 0.920 bits per heavy atom. The maximum Gasteiger partial charge on any atom is 0.196 e. The third-order valence-corrected chi connectivity index (χ3v) is 3.65. The van der Waals surface area contributed by atoms with Crippen LogP contribution in [0.15, 0.2) is 36.4 Å². The lowest BCUT2D eigenvalue weighted by atomic mass is 9.97. The second kappa shape index (κ2) is 8.19. The first-order valence-corrected chi connectivity index (χ1v) is 8.81. The number of ether oxygens (including phenoxy) is 2. The van der Waals surface area contributed by atoms with Gasteiger partial charge in [0.05, 0.1) is 17.8 Å². The standard InChI is InChI=1S/C22H27O3/c1-14(2)17-7-9-18(10-8-17)22(23)20-12-11-19(24-15(3)4)13-21(20)25-16(5)6/h7,9-16H,1-6H3. The highest BCUT2D eigenvalue weighted by Gasteiger charge is 2.17. The van der Waals surface area contributed by atoms with Crippen LogP contribution in [0.2, 0.25) is 0 Å². The van der Waals surface area contributed by atoms with Gasteiger partial charge in [-0.1, -0.05) is 26.0 Å². The van der Waals surface area contributed by atoms with Gasteiger partial charge in [-0.15, -0.1) is 0 Å². The lowest BCUT2D eigenvalue weighted by Gasteiger charge is -2.17. The van der Waals surface area contributed by atoms with Crippen LogP contribution in [0.4, 0.5) is 0 Å². The van der Waals surface area contributed by atoms with E-state index < -0.39 is 0 Å². The van der Waals surface area contributed by atoms with Crippen molar-refractivity contribution >= 4 is 5.78 Å². The Morgan fingerprint density at radius 2 is 1.60 bits per heavy atom. The Morgan fingerprint density at radius 3 is 2.12 bits per heavy atom. The number of hydrogen-bond donors (Lipinski definition) is 0. The predicted octanol–water partition coefficient (Wildman–Crippen LogP) is 5.42. The van der Waals surface area contributed by atoms with E-state index in [2.05, 4.69) is 19.9 Å². The van der Waals surface area contributed by atoms with Crippen molar-refractivity contribution in [2.75, 3.05) is 0 Å². The smallest absolute Gasteiger partial charge is 0.196 e. The summed E-state index contributed by atoms with van der Waals surface area (Å²) in [4.78, 5) is 12.9. The highest BCUT2D eigenvalue weighted by atomic mass is 16.5. The van der Waals surface area contributed by atoms with E-state index in [0.29, 0.717) is 28.5 Å². The van der Waals surface area contributed by atoms with E-state index >= 15 is 0 Å². The van der Waals surface area contributed by atoms with Gasteiger partial charge in [0.2, 0.25) is 0 Å². The highest BCUT2D eigenvalue weighted by Crippen LogP contribution is 2.29. The molecule has 2 aromatic rings. The molecule has 0 bridgehead atoms. The van der Waals surface area contributed by atoms with Crippen molar-refractivity contribution in [1.29, 1.82) is 0 Å². The minimum absolute atomic E-state index is 0.0317. The van der Waals surface area contributed by atoms with Crippen LogP contribution < -0.4 is 9.47 Å². The van der Waals surface area contributed by atoms with Crippen LogP contribution in [0.1, 0.15) is 68.9 Å². The Kier molecular flexibility index (Phi) is 6.24. The van der Waals surface area contributed by atoms with E-state index in [1.54, 1.807) is 18.2 Å². The van der Waals surface area contributed by atoms with Crippen molar-refractivity contribution in [3.8, 4) is 11.5 Å². The lowest BCUT2D eigenvalue weighted by Crippen LogP contribution is -2.12. The van der Waals surface area contributed by atoms with Crippen LogP contribution in [-0.2, 0) is 0 Å². The molecule has 133 valence electrons. The van der Waals surface area contributed by atoms with Gasteiger partial charge in [-0.3, -0.25) is 4.79 Å². The van der Waals surface area contributed by atoms with E-state index in [-0.39, 0.29) is 18.0 Å². The fraction of sp³-hybridized carbons (Fsp3) is 0.409. The minimum Gasteiger partial charge on any atom is -0.491 e. The zero-order chi connectivity index (χ0) is 18.6. The van der Waals surface area contributed by atoms with Crippen molar-refractivity contribution in [3.63, 3.8) is 0 Å². The van der Waals surface area contributed by atoms with Gasteiger partial charge in [0, 0.05) is 11.6 Å². The first-order valence-electron chi connectivity index (χ1n) is 8.81. The maximum atomic E-state index is 12.9. The molecule has 1 radical (unpaired) electrons. The summed E-state index contributed by atoms with van der Waals surface area (Å²) in [7, 11) is 0. The topological polar surface area (TPSA) is 35.5 Å². The minimum atomic E-state index is -0.0710. The average molecular weight is 339 g/mol. The molecule has 0 N–H and O–H groups in total. The van der Waals surface area contributed by atoms with Gasteiger partial charge in [-0.25, -0.2) is 0 Å². The van der Waals surface area contributed by atoms with E-state index in [4.69, 9.17) is 9.47 Å². The first-order chi connectivity index (χ1) is 11.8.